The highest BCUT2D eigenvalue weighted by atomic mass is 16.5. The second-order valence-corrected chi connectivity index (χ2v) is 9.38. The summed E-state index contributed by atoms with van der Waals surface area (Å²) < 4.78 is 6.35. The predicted molar refractivity (Wildman–Crippen MR) is 99.0 cm³/mol. The molecule has 1 spiro atoms. The van der Waals surface area contributed by atoms with Crippen LogP contribution in [0, 0.1) is 35.0 Å². The predicted octanol–water partition coefficient (Wildman–Crippen LogP) is 4.87. The Labute approximate surface area is 151 Å². The summed E-state index contributed by atoms with van der Waals surface area (Å²) in [7, 11) is 0. The lowest BCUT2D eigenvalue weighted by atomic mass is 9.48. The van der Waals surface area contributed by atoms with Gasteiger partial charge in [-0.25, -0.2) is 0 Å². The number of ether oxygens (including phenoxy) is 1. The lowest BCUT2D eigenvalue weighted by Gasteiger charge is -2.57. The van der Waals surface area contributed by atoms with E-state index < -0.39 is 0 Å². The molecule has 4 aliphatic carbocycles. The molecule has 7 atom stereocenters. The summed E-state index contributed by atoms with van der Waals surface area (Å²) in [5.41, 5.74) is 1.71. The fraction of sp³-hybridized carbons (Fsp3) is 0.696. The van der Waals surface area contributed by atoms with Crippen molar-refractivity contribution in [3.05, 3.63) is 36.5 Å². The molecule has 5 aliphatic rings. The average molecular weight is 338 g/mol. The molecule has 0 amide bonds. The molecule has 5 rings (SSSR count). The largest absolute Gasteiger partial charge is 0.366 e. The minimum absolute atomic E-state index is 0.00694. The van der Waals surface area contributed by atoms with Crippen molar-refractivity contribution in [3.8, 4) is 0 Å². The van der Waals surface area contributed by atoms with Gasteiger partial charge in [0.1, 0.15) is 0 Å². The van der Waals surface area contributed by atoms with Crippen LogP contribution in [0.25, 0.3) is 0 Å². The van der Waals surface area contributed by atoms with E-state index in [1.165, 1.54) is 31.3 Å². The first-order chi connectivity index (χ1) is 12.1. The Morgan fingerprint density at radius 3 is 2.92 bits per heavy atom. The molecule has 6 unspecified atom stereocenters. The highest BCUT2D eigenvalue weighted by molar-refractivity contribution is 5.91. The molecule has 25 heavy (non-hydrogen) atoms. The smallest absolute Gasteiger partial charge is 0.155 e. The summed E-state index contributed by atoms with van der Waals surface area (Å²) in [6.45, 7) is 7.50. The van der Waals surface area contributed by atoms with Gasteiger partial charge in [0.25, 0.3) is 0 Å². The number of fused-ring (bicyclic) bond motifs is 6. The van der Waals surface area contributed by atoms with E-state index >= 15 is 0 Å². The molecule has 134 valence electrons. The van der Waals surface area contributed by atoms with Gasteiger partial charge in [0.05, 0.1) is 12.2 Å². The molecular formula is C23H30O2. The molecule has 1 heterocycles. The van der Waals surface area contributed by atoms with E-state index in [-0.39, 0.29) is 11.0 Å². The summed E-state index contributed by atoms with van der Waals surface area (Å²) in [6.07, 6.45) is 16.8. The fourth-order valence-electron chi connectivity index (χ4n) is 7.56. The topological polar surface area (TPSA) is 26.3 Å². The summed E-state index contributed by atoms with van der Waals surface area (Å²) >= 11 is 0. The summed E-state index contributed by atoms with van der Waals surface area (Å²) in [5.74, 6) is 3.73. The first kappa shape index (κ1) is 16.1. The van der Waals surface area contributed by atoms with Crippen molar-refractivity contribution in [1.29, 1.82) is 0 Å². The highest BCUT2D eigenvalue weighted by Gasteiger charge is 2.64. The van der Waals surface area contributed by atoms with E-state index in [9.17, 15) is 4.79 Å². The Bertz CT molecular complexity index is 674. The van der Waals surface area contributed by atoms with Crippen LogP contribution in [0.4, 0.5) is 0 Å². The number of ketones is 1. The second kappa shape index (κ2) is 5.42. The van der Waals surface area contributed by atoms with E-state index in [4.69, 9.17) is 4.74 Å². The maximum absolute atomic E-state index is 12.0. The van der Waals surface area contributed by atoms with Gasteiger partial charge in [-0.3, -0.25) is 4.79 Å². The normalized spacial score (nSPS) is 51.0. The van der Waals surface area contributed by atoms with Gasteiger partial charge >= 0.3 is 0 Å². The van der Waals surface area contributed by atoms with Gasteiger partial charge in [0.2, 0.25) is 0 Å². The Kier molecular flexibility index (Phi) is 3.48. The number of hydrogen-bond acceptors (Lipinski definition) is 2. The van der Waals surface area contributed by atoms with Crippen LogP contribution in [0.2, 0.25) is 0 Å². The van der Waals surface area contributed by atoms with Crippen molar-refractivity contribution in [2.75, 3.05) is 6.61 Å². The van der Waals surface area contributed by atoms with Crippen LogP contribution in [0.3, 0.4) is 0 Å². The summed E-state index contributed by atoms with van der Waals surface area (Å²) in [4.78, 5) is 12.0. The van der Waals surface area contributed by atoms with Gasteiger partial charge in [-0.1, -0.05) is 30.7 Å². The molecule has 0 aromatic carbocycles. The molecule has 2 heteroatoms. The molecule has 0 aromatic rings. The van der Waals surface area contributed by atoms with Crippen LogP contribution in [-0.2, 0) is 9.53 Å². The monoisotopic (exact) mass is 338 g/mol. The van der Waals surface area contributed by atoms with Crippen LogP contribution >= 0.6 is 0 Å². The zero-order valence-electron chi connectivity index (χ0n) is 15.4. The van der Waals surface area contributed by atoms with Crippen LogP contribution in [0.15, 0.2) is 36.5 Å². The SMILES string of the molecule is C=CC1CC2=CC(=O)CCC2C2CC[C@@]3(C)C(CCC34C=CCO4)C12. The van der Waals surface area contributed by atoms with Crippen molar-refractivity contribution in [2.45, 2.75) is 57.5 Å². The molecular weight excluding hydrogens is 308 g/mol. The number of allylic oxidation sites excluding steroid dienone is 2. The van der Waals surface area contributed by atoms with Gasteiger partial charge in [-0.2, -0.15) is 0 Å². The molecule has 0 aromatic heterocycles. The van der Waals surface area contributed by atoms with Crippen molar-refractivity contribution in [2.24, 2.45) is 35.0 Å². The maximum Gasteiger partial charge on any atom is 0.155 e. The van der Waals surface area contributed by atoms with Crippen LogP contribution in [-0.4, -0.2) is 18.0 Å². The molecule has 0 bridgehead atoms. The molecule has 3 fully saturated rings. The Morgan fingerprint density at radius 1 is 1.28 bits per heavy atom. The zero-order chi connectivity index (χ0) is 17.2. The van der Waals surface area contributed by atoms with Crippen LogP contribution in [0.5, 0.6) is 0 Å². The third-order valence-corrected chi connectivity index (χ3v) is 8.70. The van der Waals surface area contributed by atoms with Gasteiger partial charge in [-0.05, 0) is 74.2 Å². The lowest BCUT2D eigenvalue weighted by molar-refractivity contribution is -0.121. The number of hydrogen-bond donors (Lipinski definition) is 0. The van der Waals surface area contributed by atoms with Crippen molar-refractivity contribution >= 4 is 5.78 Å². The Balaban J connectivity index is 1.53. The molecule has 0 radical (unpaired) electrons. The second-order valence-electron chi connectivity index (χ2n) is 9.38. The number of rotatable bonds is 1. The molecule has 0 N–H and O–H groups in total. The van der Waals surface area contributed by atoms with E-state index in [0.717, 1.165) is 43.6 Å². The molecule has 1 aliphatic heterocycles. The van der Waals surface area contributed by atoms with E-state index in [2.05, 4.69) is 31.7 Å². The van der Waals surface area contributed by atoms with Crippen molar-refractivity contribution < 1.29 is 9.53 Å². The minimum atomic E-state index is -0.00694. The maximum atomic E-state index is 12.0. The third kappa shape index (κ3) is 2.04. The fourth-order valence-corrected chi connectivity index (χ4v) is 7.56. The minimum Gasteiger partial charge on any atom is -0.366 e. The number of carbonyl (C=O) groups is 1. The third-order valence-electron chi connectivity index (χ3n) is 8.70. The van der Waals surface area contributed by atoms with E-state index in [1.807, 2.05) is 6.08 Å². The van der Waals surface area contributed by atoms with Gasteiger partial charge in [0.15, 0.2) is 5.78 Å². The van der Waals surface area contributed by atoms with Gasteiger partial charge < -0.3 is 4.74 Å². The molecule has 0 saturated heterocycles. The van der Waals surface area contributed by atoms with E-state index in [0.29, 0.717) is 17.6 Å². The quantitative estimate of drug-likeness (QED) is 0.638. The first-order valence-electron chi connectivity index (χ1n) is 10.3. The highest BCUT2D eigenvalue weighted by Crippen LogP contribution is 2.67. The zero-order valence-corrected chi connectivity index (χ0v) is 15.4. The Hall–Kier alpha value is -1.15. The van der Waals surface area contributed by atoms with Crippen molar-refractivity contribution in [1.82, 2.24) is 0 Å². The molecule has 2 nitrogen and oxygen atoms in total. The van der Waals surface area contributed by atoms with Gasteiger partial charge in [-0.15, -0.1) is 6.58 Å². The van der Waals surface area contributed by atoms with Crippen molar-refractivity contribution in [3.63, 3.8) is 0 Å². The average Bonchev–Trinajstić information content (AvgIpc) is 3.20. The summed E-state index contributed by atoms with van der Waals surface area (Å²) in [6, 6.07) is 0. The molecule has 3 saturated carbocycles. The van der Waals surface area contributed by atoms with E-state index in [1.54, 1.807) is 0 Å². The summed E-state index contributed by atoms with van der Waals surface area (Å²) in [5, 5.41) is 0. The lowest BCUT2D eigenvalue weighted by Crippen LogP contribution is -2.54. The van der Waals surface area contributed by atoms with Crippen LogP contribution in [0.1, 0.15) is 51.9 Å². The van der Waals surface area contributed by atoms with Gasteiger partial charge in [0, 0.05) is 11.8 Å². The van der Waals surface area contributed by atoms with Crippen LogP contribution < -0.4 is 0 Å². The standard InChI is InChI=1S/C23H30O2/c1-3-15-13-16-14-17(24)5-6-18(16)19-7-10-22(2)20(21(15)19)8-11-23(22)9-4-12-25-23/h3-4,9,14-15,18-21H,1,5-8,10-13H2,2H3/t15?,18?,19?,20?,21?,22-,23?/m0/s1. The first-order valence-corrected chi connectivity index (χ1v) is 10.3. The Morgan fingerprint density at radius 2 is 2.16 bits per heavy atom. The number of carbonyl (C=O) groups excluding carboxylic acids is 1.